The maximum atomic E-state index is 12.2. The average Bonchev–Trinajstić information content (AvgIpc) is 2.37. The molecule has 0 saturated carbocycles. The van der Waals surface area contributed by atoms with Crippen LogP contribution >= 0.6 is 0 Å². The molecule has 1 heterocycles. The van der Waals surface area contributed by atoms with Crippen LogP contribution in [0.5, 0.6) is 0 Å². The van der Waals surface area contributed by atoms with Gasteiger partial charge in [-0.15, -0.1) is 0 Å². The lowest BCUT2D eigenvalue weighted by atomic mass is 9.72. The molecule has 1 aliphatic heterocycles. The normalized spacial score (nSPS) is 20.2. The van der Waals surface area contributed by atoms with E-state index < -0.39 is 11.4 Å². The van der Waals surface area contributed by atoms with Gasteiger partial charge in [0.25, 0.3) is 0 Å². The van der Waals surface area contributed by atoms with Crippen molar-refractivity contribution in [3.63, 3.8) is 0 Å². The van der Waals surface area contributed by atoms with Crippen LogP contribution in [0.15, 0.2) is 0 Å². The molecule has 0 radical (unpaired) electrons. The highest BCUT2D eigenvalue weighted by Crippen LogP contribution is 2.36. The third-order valence-corrected chi connectivity index (χ3v) is 3.32. The van der Waals surface area contributed by atoms with E-state index in [1.165, 1.54) is 0 Å². The van der Waals surface area contributed by atoms with Gasteiger partial charge in [0.05, 0.1) is 12.7 Å². The van der Waals surface area contributed by atoms with E-state index in [0.717, 1.165) is 12.8 Å². The summed E-state index contributed by atoms with van der Waals surface area (Å²) in [5.74, 6) is -0.384. The van der Waals surface area contributed by atoms with Crippen LogP contribution in [0.4, 0.5) is 0 Å². The molecule has 0 bridgehead atoms. The maximum Gasteiger partial charge on any atom is 0.328 e. The lowest BCUT2D eigenvalue weighted by molar-refractivity contribution is -0.157. The number of hydrogen-bond donors (Lipinski definition) is 0. The van der Waals surface area contributed by atoms with E-state index >= 15 is 0 Å². The predicted molar refractivity (Wildman–Crippen MR) is 66.8 cm³/mol. The summed E-state index contributed by atoms with van der Waals surface area (Å²) in [6.07, 6.45) is 1.47. The molecule has 1 rings (SSSR count). The largest absolute Gasteiger partial charge is 0.465 e. The molecule has 1 saturated heterocycles. The summed E-state index contributed by atoms with van der Waals surface area (Å²) < 4.78 is 10.4. The lowest BCUT2D eigenvalue weighted by Gasteiger charge is -2.36. The highest BCUT2D eigenvalue weighted by Gasteiger charge is 2.48. The summed E-state index contributed by atoms with van der Waals surface area (Å²) in [6, 6.07) is 2.23. The Bertz CT molecular complexity index is 319. The Morgan fingerprint density at radius 3 is 2.56 bits per heavy atom. The maximum absolute atomic E-state index is 12.2. The molecule has 0 amide bonds. The van der Waals surface area contributed by atoms with Crippen molar-refractivity contribution in [3.8, 4) is 6.07 Å². The van der Waals surface area contributed by atoms with Crippen LogP contribution in [-0.2, 0) is 14.3 Å². The van der Waals surface area contributed by atoms with E-state index in [4.69, 9.17) is 9.47 Å². The number of ether oxygens (including phenoxy) is 2. The van der Waals surface area contributed by atoms with E-state index in [9.17, 15) is 10.1 Å². The number of carbonyl (C=O) groups excluding carboxylic acids is 1. The molecule has 1 unspecified atom stereocenters. The quantitative estimate of drug-likeness (QED) is 0.686. The van der Waals surface area contributed by atoms with Crippen LogP contribution in [0.25, 0.3) is 0 Å². The van der Waals surface area contributed by atoms with Crippen molar-refractivity contribution in [2.45, 2.75) is 19.8 Å². The number of hydrogen-bond acceptors (Lipinski definition) is 5. The van der Waals surface area contributed by atoms with Gasteiger partial charge in [-0.3, -0.25) is 4.79 Å². The third kappa shape index (κ3) is 3.21. The van der Waals surface area contributed by atoms with Crippen molar-refractivity contribution in [1.29, 1.82) is 5.26 Å². The fourth-order valence-corrected chi connectivity index (χ4v) is 2.48. The molecule has 5 nitrogen and oxygen atoms in total. The number of rotatable bonds is 5. The van der Waals surface area contributed by atoms with Gasteiger partial charge in [-0.2, -0.15) is 5.26 Å². The highest BCUT2D eigenvalue weighted by atomic mass is 16.5. The molecule has 102 valence electrons. The van der Waals surface area contributed by atoms with Crippen LogP contribution in [0.1, 0.15) is 19.8 Å². The smallest absolute Gasteiger partial charge is 0.328 e. The van der Waals surface area contributed by atoms with Gasteiger partial charge in [0.1, 0.15) is 0 Å². The Hall–Kier alpha value is -1.12. The Labute approximate surface area is 109 Å². The molecule has 1 fully saturated rings. The number of carbonyl (C=O) groups is 1. The highest BCUT2D eigenvalue weighted by molar-refractivity contribution is 5.81. The molecule has 1 aliphatic rings. The van der Waals surface area contributed by atoms with E-state index in [0.29, 0.717) is 26.4 Å². The Balaban J connectivity index is 2.96. The summed E-state index contributed by atoms with van der Waals surface area (Å²) in [7, 11) is 3.73. The molecule has 0 aromatic carbocycles. The zero-order valence-corrected chi connectivity index (χ0v) is 11.4. The summed E-state index contributed by atoms with van der Waals surface area (Å²) in [4.78, 5) is 14.1. The topological polar surface area (TPSA) is 62.6 Å². The first kappa shape index (κ1) is 14.9. The molecule has 0 aromatic heterocycles. The molecule has 0 spiro atoms. The molecule has 0 N–H and O–H groups in total. The minimum atomic E-state index is -1.07. The van der Waals surface area contributed by atoms with Gasteiger partial charge in [0, 0.05) is 19.8 Å². The van der Waals surface area contributed by atoms with Crippen molar-refractivity contribution >= 4 is 5.97 Å². The second-order valence-corrected chi connectivity index (χ2v) is 4.93. The van der Waals surface area contributed by atoms with Crippen molar-refractivity contribution in [1.82, 2.24) is 4.90 Å². The molecule has 1 atom stereocenters. The summed E-state index contributed by atoms with van der Waals surface area (Å²) >= 11 is 0. The standard InChI is InChI=1S/C13H22N2O3/c1-4-18-12(16)13(9-14,10-15(2)3)11-5-7-17-8-6-11/h11H,4-8,10H2,1-3H3. The average molecular weight is 254 g/mol. The van der Waals surface area contributed by atoms with E-state index in [1.54, 1.807) is 6.92 Å². The van der Waals surface area contributed by atoms with Crippen molar-refractivity contribution in [2.24, 2.45) is 11.3 Å². The minimum absolute atomic E-state index is 0.0118. The molecule has 5 heteroatoms. The fraction of sp³-hybridized carbons (Fsp3) is 0.846. The van der Waals surface area contributed by atoms with Gasteiger partial charge in [-0.1, -0.05) is 0 Å². The number of esters is 1. The predicted octanol–water partition coefficient (Wildman–Crippen LogP) is 1.05. The molecule has 0 aliphatic carbocycles. The lowest BCUT2D eigenvalue weighted by Crippen LogP contribution is -2.48. The van der Waals surface area contributed by atoms with Crippen LogP contribution in [-0.4, -0.2) is 51.3 Å². The first-order valence-electron chi connectivity index (χ1n) is 6.37. The third-order valence-electron chi connectivity index (χ3n) is 3.32. The van der Waals surface area contributed by atoms with Gasteiger partial charge in [0.2, 0.25) is 0 Å². The first-order valence-corrected chi connectivity index (χ1v) is 6.37. The van der Waals surface area contributed by atoms with Gasteiger partial charge in [-0.05, 0) is 39.8 Å². The van der Waals surface area contributed by atoms with Gasteiger partial charge in [0.15, 0.2) is 5.41 Å². The Kier molecular flexibility index (Phi) is 5.57. The number of nitrogens with zero attached hydrogens (tertiary/aromatic N) is 2. The van der Waals surface area contributed by atoms with Gasteiger partial charge in [-0.25, -0.2) is 0 Å². The minimum Gasteiger partial charge on any atom is -0.465 e. The van der Waals surface area contributed by atoms with Crippen molar-refractivity contribution < 1.29 is 14.3 Å². The van der Waals surface area contributed by atoms with E-state index in [2.05, 4.69) is 6.07 Å². The second kappa shape index (κ2) is 6.72. The van der Waals surface area contributed by atoms with Gasteiger partial charge >= 0.3 is 5.97 Å². The van der Waals surface area contributed by atoms with E-state index in [-0.39, 0.29) is 5.92 Å². The van der Waals surface area contributed by atoms with Crippen LogP contribution in [0.2, 0.25) is 0 Å². The number of nitriles is 1. The second-order valence-electron chi connectivity index (χ2n) is 4.93. The SMILES string of the molecule is CCOC(=O)C(C#N)(CN(C)C)C1CCOCC1. The summed E-state index contributed by atoms with van der Waals surface area (Å²) in [5.41, 5.74) is -1.07. The Morgan fingerprint density at radius 2 is 2.11 bits per heavy atom. The van der Waals surface area contributed by atoms with Crippen LogP contribution in [0.3, 0.4) is 0 Å². The Morgan fingerprint density at radius 1 is 1.50 bits per heavy atom. The summed E-state index contributed by atoms with van der Waals surface area (Å²) in [6.45, 7) is 3.69. The van der Waals surface area contributed by atoms with Crippen LogP contribution in [0, 0.1) is 22.7 Å². The monoisotopic (exact) mass is 254 g/mol. The van der Waals surface area contributed by atoms with Crippen molar-refractivity contribution in [3.05, 3.63) is 0 Å². The first-order chi connectivity index (χ1) is 8.56. The molecule has 18 heavy (non-hydrogen) atoms. The van der Waals surface area contributed by atoms with Crippen molar-refractivity contribution in [2.75, 3.05) is 40.5 Å². The molecular weight excluding hydrogens is 232 g/mol. The molecule has 0 aromatic rings. The fourth-order valence-electron chi connectivity index (χ4n) is 2.48. The zero-order valence-electron chi connectivity index (χ0n) is 11.4. The van der Waals surface area contributed by atoms with E-state index in [1.807, 2.05) is 19.0 Å². The zero-order chi connectivity index (χ0) is 13.6. The van der Waals surface area contributed by atoms with Crippen LogP contribution < -0.4 is 0 Å². The molecular formula is C13H22N2O3. The summed E-state index contributed by atoms with van der Waals surface area (Å²) in [5, 5.41) is 9.56. The van der Waals surface area contributed by atoms with Gasteiger partial charge < -0.3 is 14.4 Å².